The molecule has 0 aliphatic heterocycles. The lowest BCUT2D eigenvalue weighted by molar-refractivity contribution is 0.156. The topological polar surface area (TPSA) is 37.4 Å². The van der Waals surface area contributed by atoms with Crippen molar-refractivity contribution in [3.8, 4) is 0 Å². The smallest absolute Gasteiger partial charge is 0.255 e. The molecule has 7 heteroatoms. The number of nitrogens with one attached hydrogen (secondary N) is 1. The van der Waals surface area contributed by atoms with Crippen LogP contribution >= 0.6 is 11.3 Å². The first-order valence-corrected chi connectivity index (χ1v) is 7.43. The zero-order chi connectivity index (χ0) is 15.1. The summed E-state index contributed by atoms with van der Waals surface area (Å²) in [7, 11) is 3.24. The van der Waals surface area contributed by atoms with Crippen LogP contribution in [0.25, 0.3) is 0 Å². The van der Waals surface area contributed by atoms with E-state index in [4.69, 9.17) is 4.74 Å². The predicted molar refractivity (Wildman–Crippen MR) is 78.6 cm³/mol. The van der Waals surface area contributed by atoms with E-state index >= 15 is 0 Å². The molecule has 4 nitrogen and oxygen atoms in total. The third-order valence-electron chi connectivity index (χ3n) is 2.62. The molecule has 0 amide bonds. The van der Waals surface area contributed by atoms with Crippen LogP contribution < -0.4 is 10.2 Å². The van der Waals surface area contributed by atoms with Crippen molar-refractivity contribution >= 4 is 16.5 Å². The van der Waals surface area contributed by atoms with Gasteiger partial charge in [-0.2, -0.15) is 0 Å². The number of methoxy groups -OCH3 is 1. The van der Waals surface area contributed by atoms with Crippen molar-refractivity contribution in [1.29, 1.82) is 0 Å². The first kappa shape index (κ1) is 17.3. The number of anilines is 1. The SMILES string of the molecule is COCc1nc(N(C)CC(F)F)sc1CNCC(C)C. The van der Waals surface area contributed by atoms with E-state index < -0.39 is 6.43 Å². The number of alkyl halides is 2. The van der Waals surface area contributed by atoms with E-state index in [1.165, 1.54) is 16.2 Å². The van der Waals surface area contributed by atoms with Crippen molar-refractivity contribution in [3.63, 3.8) is 0 Å². The highest BCUT2D eigenvalue weighted by Gasteiger charge is 2.16. The zero-order valence-corrected chi connectivity index (χ0v) is 13.3. The number of aromatic nitrogens is 1. The predicted octanol–water partition coefficient (Wildman–Crippen LogP) is 2.74. The standard InChI is InChI=1S/C13H23F2N3OS/c1-9(2)5-16-6-11-10(8-19-4)17-13(20-11)18(3)7-12(14)15/h9,12,16H,5-8H2,1-4H3. The van der Waals surface area contributed by atoms with Gasteiger partial charge in [0.1, 0.15) is 0 Å². The molecular formula is C13H23F2N3OS. The van der Waals surface area contributed by atoms with Crippen LogP contribution in [0, 0.1) is 5.92 Å². The minimum atomic E-state index is -2.36. The largest absolute Gasteiger partial charge is 0.378 e. The molecule has 0 aliphatic carbocycles. The summed E-state index contributed by atoms with van der Waals surface area (Å²) in [6, 6.07) is 0. The molecule has 0 bridgehead atoms. The third kappa shape index (κ3) is 5.68. The maximum absolute atomic E-state index is 12.4. The highest BCUT2D eigenvalue weighted by molar-refractivity contribution is 7.15. The summed E-state index contributed by atoms with van der Waals surface area (Å²) in [6.07, 6.45) is -2.36. The van der Waals surface area contributed by atoms with E-state index in [1.54, 1.807) is 14.2 Å². The fraction of sp³-hybridized carbons (Fsp3) is 0.769. The lowest BCUT2D eigenvalue weighted by atomic mass is 10.2. The van der Waals surface area contributed by atoms with Crippen LogP contribution in [0.3, 0.4) is 0 Å². The van der Waals surface area contributed by atoms with Crippen LogP contribution in [0.4, 0.5) is 13.9 Å². The molecule has 0 saturated carbocycles. The minimum Gasteiger partial charge on any atom is -0.378 e. The average molecular weight is 307 g/mol. The fourth-order valence-electron chi connectivity index (χ4n) is 1.68. The molecule has 0 aliphatic rings. The Morgan fingerprint density at radius 1 is 1.40 bits per heavy atom. The molecule has 0 aromatic carbocycles. The zero-order valence-electron chi connectivity index (χ0n) is 12.4. The van der Waals surface area contributed by atoms with Gasteiger partial charge in [0.25, 0.3) is 6.43 Å². The first-order chi connectivity index (χ1) is 9.43. The molecular weight excluding hydrogens is 284 g/mol. The Morgan fingerprint density at radius 3 is 2.65 bits per heavy atom. The number of thiazole rings is 1. The van der Waals surface area contributed by atoms with Crippen LogP contribution in [0.1, 0.15) is 24.4 Å². The lowest BCUT2D eigenvalue weighted by Gasteiger charge is -2.14. The monoisotopic (exact) mass is 307 g/mol. The number of hydrogen-bond acceptors (Lipinski definition) is 5. The molecule has 0 spiro atoms. The molecule has 0 atom stereocenters. The Hall–Kier alpha value is -0.790. The van der Waals surface area contributed by atoms with E-state index in [9.17, 15) is 8.78 Å². The minimum absolute atomic E-state index is 0.307. The first-order valence-electron chi connectivity index (χ1n) is 6.61. The van der Waals surface area contributed by atoms with Gasteiger partial charge in [0.15, 0.2) is 5.13 Å². The highest BCUT2D eigenvalue weighted by atomic mass is 32.1. The van der Waals surface area contributed by atoms with Gasteiger partial charge in [0, 0.05) is 25.6 Å². The molecule has 20 heavy (non-hydrogen) atoms. The molecule has 0 saturated heterocycles. The number of halogens is 2. The average Bonchev–Trinajstić information content (AvgIpc) is 2.72. The summed E-state index contributed by atoms with van der Waals surface area (Å²) in [5, 5.41) is 3.95. The second kappa shape index (κ2) is 8.49. The molecule has 1 N–H and O–H groups in total. The summed E-state index contributed by atoms with van der Waals surface area (Å²) in [6.45, 7) is 5.97. The van der Waals surface area contributed by atoms with E-state index in [0.29, 0.717) is 24.2 Å². The summed E-state index contributed by atoms with van der Waals surface area (Å²) < 4.78 is 30.0. The Labute approximate surface area is 123 Å². The number of rotatable bonds is 9. The van der Waals surface area contributed by atoms with Crippen LogP contribution in [-0.2, 0) is 17.9 Å². The molecule has 116 valence electrons. The Kier molecular flexibility index (Phi) is 7.32. The van der Waals surface area contributed by atoms with Gasteiger partial charge in [-0.15, -0.1) is 11.3 Å². The van der Waals surface area contributed by atoms with Gasteiger partial charge in [-0.3, -0.25) is 0 Å². The van der Waals surface area contributed by atoms with Crippen LogP contribution in [0.2, 0.25) is 0 Å². The third-order valence-corrected chi connectivity index (χ3v) is 3.84. The summed E-state index contributed by atoms with van der Waals surface area (Å²) >= 11 is 1.44. The Morgan fingerprint density at radius 2 is 2.10 bits per heavy atom. The quantitative estimate of drug-likeness (QED) is 0.761. The van der Waals surface area contributed by atoms with Crippen molar-refractivity contribution in [3.05, 3.63) is 10.6 Å². The van der Waals surface area contributed by atoms with E-state index in [1.807, 2.05) is 0 Å². The molecule has 1 rings (SSSR count). The maximum atomic E-state index is 12.4. The normalized spacial score (nSPS) is 11.6. The van der Waals surface area contributed by atoms with Crippen LogP contribution in [-0.4, -0.2) is 38.7 Å². The van der Waals surface area contributed by atoms with Crippen molar-refractivity contribution < 1.29 is 13.5 Å². The van der Waals surface area contributed by atoms with Crippen molar-refractivity contribution in [2.24, 2.45) is 5.92 Å². The molecule has 1 aromatic rings. The van der Waals surface area contributed by atoms with Crippen molar-refractivity contribution in [2.75, 3.05) is 32.1 Å². The molecule has 0 radical (unpaired) electrons. The van der Waals surface area contributed by atoms with Gasteiger partial charge in [-0.05, 0) is 12.5 Å². The fourth-order valence-corrected chi connectivity index (χ4v) is 2.68. The Balaban J connectivity index is 2.73. The van der Waals surface area contributed by atoms with Crippen LogP contribution in [0.5, 0.6) is 0 Å². The second-order valence-electron chi connectivity index (χ2n) is 5.10. The molecule has 0 unspecified atom stereocenters. The van der Waals surface area contributed by atoms with E-state index in [2.05, 4.69) is 24.1 Å². The van der Waals surface area contributed by atoms with Gasteiger partial charge >= 0.3 is 0 Å². The maximum Gasteiger partial charge on any atom is 0.255 e. The highest BCUT2D eigenvalue weighted by Crippen LogP contribution is 2.26. The summed E-state index contributed by atoms with van der Waals surface area (Å²) in [4.78, 5) is 6.93. The summed E-state index contributed by atoms with van der Waals surface area (Å²) in [5.74, 6) is 0.565. The van der Waals surface area contributed by atoms with Gasteiger partial charge in [0.05, 0.1) is 18.8 Å². The van der Waals surface area contributed by atoms with Crippen molar-refractivity contribution in [1.82, 2.24) is 10.3 Å². The van der Waals surface area contributed by atoms with Gasteiger partial charge in [0.2, 0.25) is 0 Å². The van der Waals surface area contributed by atoms with Crippen molar-refractivity contribution in [2.45, 2.75) is 33.4 Å². The Bertz CT molecular complexity index is 399. The molecule has 1 aromatic heterocycles. The van der Waals surface area contributed by atoms with Gasteiger partial charge in [-0.25, -0.2) is 13.8 Å². The summed E-state index contributed by atoms with van der Waals surface area (Å²) in [5.41, 5.74) is 0.824. The van der Waals surface area contributed by atoms with Gasteiger partial charge < -0.3 is 15.0 Å². The number of ether oxygens (including phenoxy) is 1. The van der Waals surface area contributed by atoms with E-state index in [0.717, 1.165) is 17.1 Å². The van der Waals surface area contributed by atoms with Gasteiger partial charge in [-0.1, -0.05) is 13.8 Å². The molecule has 0 fully saturated rings. The molecule has 1 heterocycles. The number of hydrogen-bond donors (Lipinski definition) is 1. The van der Waals surface area contributed by atoms with Crippen LogP contribution in [0.15, 0.2) is 0 Å². The number of nitrogens with zero attached hydrogens (tertiary/aromatic N) is 2. The lowest BCUT2D eigenvalue weighted by Crippen LogP contribution is -2.23. The second-order valence-corrected chi connectivity index (χ2v) is 6.16. The van der Waals surface area contributed by atoms with E-state index in [-0.39, 0.29) is 6.54 Å².